The standard InChI is InChI=1S/C8H8O2.C6H7N.C4H8O2.C4H8O.C2H4O2.2C2H4/c1-6-2-4-7(5-3-6)8(9)10;1-6-2-4-7-5-3-6;1-3(5)4(2)6;1-3-4(2)5;1-2(3)4;2*1-2/h2-5H,1H3,(H,9,10);2-5H,1H3;3,5H,1-2H3;3H2,1-2H3;1H3,(H,3,4);2*1-2H2. The molecule has 0 aliphatic heterocycles. The summed E-state index contributed by atoms with van der Waals surface area (Å²) in [6.45, 7) is 23.3. The van der Waals surface area contributed by atoms with E-state index < -0.39 is 18.0 Å². The molecule has 0 fully saturated rings. The molecule has 0 saturated heterocycles. The largest absolute Gasteiger partial charge is 0.481 e. The quantitative estimate of drug-likeness (QED) is 0.450. The number of aryl methyl sites for hydroxylation is 2. The van der Waals surface area contributed by atoms with Crippen molar-refractivity contribution >= 4 is 23.5 Å². The van der Waals surface area contributed by atoms with Crippen molar-refractivity contribution in [2.75, 3.05) is 0 Å². The molecule has 1 aromatic carbocycles. The van der Waals surface area contributed by atoms with E-state index in [1.54, 1.807) is 43.6 Å². The van der Waals surface area contributed by atoms with Gasteiger partial charge in [0.1, 0.15) is 11.9 Å². The fourth-order valence-corrected chi connectivity index (χ4v) is 1.12. The second-order valence-corrected chi connectivity index (χ2v) is 6.56. The van der Waals surface area contributed by atoms with Gasteiger partial charge in [0.2, 0.25) is 0 Å². The minimum atomic E-state index is -0.875. The summed E-state index contributed by atoms with van der Waals surface area (Å²) in [6, 6.07) is 10.7. The molecule has 1 atom stereocenters. The molecule has 0 radical (unpaired) electrons. The van der Waals surface area contributed by atoms with Gasteiger partial charge in [-0.1, -0.05) is 24.6 Å². The molecular weight excluding hydrogens is 462 g/mol. The Bertz CT molecular complexity index is 812. The van der Waals surface area contributed by atoms with Gasteiger partial charge in [-0.05, 0) is 64.4 Å². The van der Waals surface area contributed by atoms with Gasteiger partial charge in [0.15, 0.2) is 5.78 Å². The van der Waals surface area contributed by atoms with E-state index in [-0.39, 0.29) is 11.6 Å². The number of hydrogen-bond acceptors (Lipinski definition) is 6. The molecule has 2 rings (SSSR count). The molecule has 8 nitrogen and oxygen atoms in total. The Balaban J connectivity index is -0.000000111. The maximum Gasteiger partial charge on any atom is 0.335 e. The van der Waals surface area contributed by atoms with Crippen LogP contribution in [0.5, 0.6) is 0 Å². The summed E-state index contributed by atoms with van der Waals surface area (Å²) in [7, 11) is 0. The lowest BCUT2D eigenvalue weighted by Gasteiger charge is -1.92. The van der Waals surface area contributed by atoms with Crippen LogP contribution in [0.4, 0.5) is 0 Å². The number of aromatic carboxylic acids is 1. The molecule has 0 aliphatic carbocycles. The van der Waals surface area contributed by atoms with Gasteiger partial charge in [0.05, 0.1) is 5.56 Å². The molecule has 1 heterocycles. The van der Waals surface area contributed by atoms with Gasteiger partial charge in [-0.25, -0.2) is 4.79 Å². The number of hydrogen-bond donors (Lipinski definition) is 3. The third kappa shape index (κ3) is 43.9. The molecule has 3 N–H and O–H groups in total. The Morgan fingerprint density at radius 2 is 1.08 bits per heavy atom. The first-order valence-corrected chi connectivity index (χ1v) is 10.8. The number of pyridine rings is 1. The molecule has 0 amide bonds. The fourth-order valence-electron chi connectivity index (χ4n) is 1.12. The lowest BCUT2D eigenvalue weighted by Crippen LogP contribution is -2.10. The first-order chi connectivity index (χ1) is 16.7. The average Bonchev–Trinajstić information content (AvgIpc) is 2.83. The molecule has 1 unspecified atom stereocenters. The molecule has 0 aliphatic rings. The number of aliphatic carboxylic acids is 1. The van der Waals surface area contributed by atoms with E-state index in [9.17, 15) is 14.4 Å². The number of carboxylic acids is 2. The number of Topliss-reactive ketones (excluding diaryl/α,β-unsaturated/α-hetero) is 2. The van der Waals surface area contributed by atoms with Gasteiger partial charge in [-0.15, -0.1) is 26.3 Å². The van der Waals surface area contributed by atoms with E-state index in [1.807, 2.05) is 32.9 Å². The average molecular weight is 506 g/mol. The Morgan fingerprint density at radius 1 is 0.806 bits per heavy atom. The lowest BCUT2D eigenvalue weighted by atomic mass is 10.2. The third-order valence-electron chi connectivity index (χ3n) is 3.23. The smallest absolute Gasteiger partial charge is 0.335 e. The van der Waals surface area contributed by atoms with Gasteiger partial charge in [-0.2, -0.15) is 0 Å². The summed E-state index contributed by atoms with van der Waals surface area (Å²) in [5, 5.41) is 24.2. The molecule has 0 bridgehead atoms. The molecule has 202 valence electrons. The maximum atomic E-state index is 10.3. The number of ketones is 2. The number of benzene rings is 1. The van der Waals surface area contributed by atoms with Crippen molar-refractivity contribution < 1.29 is 34.5 Å². The van der Waals surface area contributed by atoms with Gasteiger partial charge in [-0.3, -0.25) is 14.6 Å². The van der Waals surface area contributed by atoms with Crippen LogP contribution in [0, 0.1) is 13.8 Å². The van der Waals surface area contributed by atoms with Crippen molar-refractivity contribution in [1.82, 2.24) is 4.98 Å². The van der Waals surface area contributed by atoms with Gasteiger partial charge < -0.3 is 20.1 Å². The lowest BCUT2D eigenvalue weighted by molar-refractivity contribution is -0.134. The molecule has 0 saturated carbocycles. The first-order valence-electron chi connectivity index (χ1n) is 10.8. The zero-order valence-corrected chi connectivity index (χ0v) is 22.7. The van der Waals surface area contributed by atoms with Crippen LogP contribution < -0.4 is 0 Å². The van der Waals surface area contributed by atoms with E-state index in [1.165, 1.54) is 19.4 Å². The van der Waals surface area contributed by atoms with Crippen molar-refractivity contribution in [3.8, 4) is 0 Å². The predicted molar refractivity (Wildman–Crippen MR) is 146 cm³/mol. The summed E-state index contributed by atoms with van der Waals surface area (Å²) in [4.78, 5) is 42.9. The highest BCUT2D eigenvalue weighted by Gasteiger charge is 1.98. The van der Waals surface area contributed by atoms with Crippen LogP contribution in [0.2, 0.25) is 0 Å². The Morgan fingerprint density at radius 3 is 1.25 bits per heavy atom. The number of aromatic nitrogens is 1. The molecule has 36 heavy (non-hydrogen) atoms. The van der Waals surface area contributed by atoms with E-state index >= 15 is 0 Å². The van der Waals surface area contributed by atoms with Crippen molar-refractivity contribution in [2.24, 2.45) is 0 Å². The second kappa shape index (κ2) is 31.1. The summed E-state index contributed by atoms with van der Waals surface area (Å²) in [5.74, 6) is -1.64. The van der Waals surface area contributed by atoms with Crippen molar-refractivity contribution in [1.29, 1.82) is 0 Å². The van der Waals surface area contributed by atoms with Crippen LogP contribution in [0.3, 0.4) is 0 Å². The third-order valence-corrected chi connectivity index (χ3v) is 3.23. The number of aliphatic hydroxyl groups excluding tert-OH is 1. The Kier molecular flexibility index (Phi) is 36.5. The number of aliphatic hydroxyl groups is 1. The van der Waals surface area contributed by atoms with E-state index in [2.05, 4.69) is 31.3 Å². The minimum absolute atomic E-state index is 0.185. The summed E-state index contributed by atoms with van der Waals surface area (Å²) < 4.78 is 0. The molecule has 1 aromatic heterocycles. The van der Waals surface area contributed by atoms with Crippen LogP contribution in [-0.2, 0) is 14.4 Å². The first kappa shape index (κ1) is 42.3. The van der Waals surface area contributed by atoms with Crippen LogP contribution >= 0.6 is 0 Å². The number of carbonyl (C=O) groups excluding carboxylic acids is 2. The highest BCUT2D eigenvalue weighted by atomic mass is 16.4. The molecular formula is C28H43NO7. The molecule has 0 spiro atoms. The normalized spacial score (nSPS) is 8.56. The highest BCUT2D eigenvalue weighted by molar-refractivity contribution is 5.87. The summed E-state index contributed by atoms with van der Waals surface area (Å²) >= 11 is 0. The number of rotatable bonds is 3. The SMILES string of the molecule is C=C.C=C.CC(=O)C(C)O.CC(=O)O.CCC(C)=O.Cc1ccc(C(=O)O)cc1.Cc1ccncc1. The van der Waals surface area contributed by atoms with Crippen LogP contribution in [0.1, 0.15) is 62.5 Å². The number of nitrogens with zero attached hydrogens (tertiary/aromatic N) is 1. The van der Waals surface area contributed by atoms with Crippen LogP contribution in [0.25, 0.3) is 0 Å². The zero-order chi connectivity index (χ0) is 29.7. The Labute approximate surface area is 216 Å². The minimum Gasteiger partial charge on any atom is -0.481 e. The van der Waals surface area contributed by atoms with Crippen molar-refractivity contribution in [3.63, 3.8) is 0 Å². The van der Waals surface area contributed by atoms with E-state index in [4.69, 9.17) is 20.1 Å². The molecule has 2 aromatic rings. The van der Waals surface area contributed by atoms with Crippen molar-refractivity contribution in [2.45, 2.75) is 61.0 Å². The predicted octanol–water partition coefficient (Wildman–Crippen LogP) is 5.72. The number of carboxylic acid groups (broad SMARTS) is 2. The second-order valence-electron chi connectivity index (χ2n) is 6.56. The number of carbonyl (C=O) groups is 4. The topological polar surface area (TPSA) is 142 Å². The van der Waals surface area contributed by atoms with Crippen molar-refractivity contribution in [3.05, 3.63) is 91.8 Å². The zero-order valence-electron chi connectivity index (χ0n) is 22.7. The van der Waals surface area contributed by atoms with Gasteiger partial charge >= 0.3 is 5.97 Å². The van der Waals surface area contributed by atoms with E-state index in [0.717, 1.165) is 12.5 Å². The Hall–Kier alpha value is -3.91. The fraction of sp³-hybridized carbons (Fsp3) is 0.321. The van der Waals surface area contributed by atoms with Crippen LogP contribution in [0.15, 0.2) is 75.1 Å². The maximum absolute atomic E-state index is 10.3. The summed E-state index contributed by atoms with van der Waals surface area (Å²) in [6.07, 6.45) is 3.45. The summed E-state index contributed by atoms with van der Waals surface area (Å²) in [5.41, 5.74) is 2.67. The van der Waals surface area contributed by atoms with Gasteiger partial charge in [0, 0.05) is 25.7 Å². The monoisotopic (exact) mass is 505 g/mol. The van der Waals surface area contributed by atoms with E-state index in [0.29, 0.717) is 12.0 Å². The highest BCUT2D eigenvalue weighted by Crippen LogP contribution is 2.01. The van der Waals surface area contributed by atoms with Crippen LogP contribution in [-0.4, -0.2) is 49.9 Å². The molecule has 8 heteroatoms. The van der Waals surface area contributed by atoms with Gasteiger partial charge in [0.25, 0.3) is 5.97 Å².